The van der Waals surface area contributed by atoms with Gasteiger partial charge in [-0.05, 0) is 50.8 Å². The van der Waals surface area contributed by atoms with E-state index in [0.717, 1.165) is 74.2 Å². The van der Waals surface area contributed by atoms with Crippen molar-refractivity contribution in [1.29, 1.82) is 0 Å². The molecule has 0 radical (unpaired) electrons. The van der Waals surface area contributed by atoms with Crippen molar-refractivity contribution in [2.24, 2.45) is 5.92 Å². The van der Waals surface area contributed by atoms with Crippen molar-refractivity contribution in [3.8, 4) is 0 Å². The van der Waals surface area contributed by atoms with E-state index in [0.29, 0.717) is 5.91 Å². The first-order valence-corrected chi connectivity index (χ1v) is 11.5. The molecule has 30 heavy (non-hydrogen) atoms. The molecule has 1 aliphatic heterocycles. The number of benzene rings is 1. The van der Waals surface area contributed by atoms with Gasteiger partial charge in [0.15, 0.2) is 0 Å². The van der Waals surface area contributed by atoms with Crippen LogP contribution in [0.2, 0.25) is 5.02 Å². The molecule has 5 nitrogen and oxygen atoms in total. The van der Waals surface area contributed by atoms with Crippen LogP contribution in [0.25, 0.3) is 0 Å². The predicted molar refractivity (Wildman–Crippen MR) is 121 cm³/mol. The second-order valence-corrected chi connectivity index (χ2v) is 9.05. The zero-order chi connectivity index (χ0) is 21.1. The van der Waals surface area contributed by atoms with Gasteiger partial charge in [-0.3, -0.25) is 4.79 Å². The Balaban J connectivity index is 1.54. The topological polar surface area (TPSA) is 49.3 Å². The van der Waals surface area contributed by atoms with E-state index in [4.69, 9.17) is 16.6 Å². The molecule has 1 aliphatic carbocycles. The molecule has 0 atom stereocenters. The fourth-order valence-corrected chi connectivity index (χ4v) is 4.90. The van der Waals surface area contributed by atoms with Crippen molar-refractivity contribution in [2.45, 2.75) is 52.4 Å². The molecular weight excluding hydrogens is 396 g/mol. The molecule has 6 heteroatoms. The van der Waals surface area contributed by atoms with E-state index < -0.39 is 0 Å². The summed E-state index contributed by atoms with van der Waals surface area (Å²) in [6, 6.07) is 7.99. The third-order valence-electron chi connectivity index (χ3n) is 6.41. The second kappa shape index (κ2) is 9.34. The smallest absolute Gasteiger partial charge is 0.225 e. The number of anilines is 1. The Morgan fingerprint density at radius 1 is 1.00 bits per heavy atom. The van der Waals surface area contributed by atoms with Crippen molar-refractivity contribution in [3.63, 3.8) is 0 Å². The molecule has 160 valence electrons. The number of aryl methyl sites for hydroxylation is 2. The molecule has 2 aliphatic rings. The molecule has 1 aromatic heterocycles. The van der Waals surface area contributed by atoms with E-state index in [2.05, 4.69) is 33.8 Å². The van der Waals surface area contributed by atoms with Crippen molar-refractivity contribution >= 4 is 23.3 Å². The van der Waals surface area contributed by atoms with Crippen molar-refractivity contribution in [2.75, 3.05) is 31.1 Å². The van der Waals surface area contributed by atoms with Crippen LogP contribution < -0.4 is 4.90 Å². The Hall–Kier alpha value is -2.14. The Morgan fingerprint density at radius 2 is 1.73 bits per heavy atom. The number of hydrogen-bond acceptors (Lipinski definition) is 4. The van der Waals surface area contributed by atoms with Crippen LogP contribution in [0.5, 0.6) is 0 Å². The summed E-state index contributed by atoms with van der Waals surface area (Å²) in [5.74, 6) is 2.43. The fraction of sp³-hybridized carbons (Fsp3) is 0.542. The first-order valence-electron chi connectivity index (χ1n) is 11.1. The zero-order valence-electron chi connectivity index (χ0n) is 18.0. The maximum absolute atomic E-state index is 12.9. The molecule has 1 saturated carbocycles. The minimum Gasteiger partial charge on any atom is -0.354 e. The van der Waals surface area contributed by atoms with Crippen LogP contribution in [-0.2, 0) is 11.2 Å². The highest BCUT2D eigenvalue weighted by Crippen LogP contribution is 2.28. The summed E-state index contributed by atoms with van der Waals surface area (Å²) in [7, 11) is 0. The monoisotopic (exact) mass is 426 g/mol. The van der Waals surface area contributed by atoms with Crippen LogP contribution in [0, 0.1) is 19.8 Å². The average molecular weight is 427 g/mol. The standard InChI is InChI=1S/C24H31ClN4O/c1-17-22(16-19-8-10-21(25)11-9-19)23(27-18(2)26-17)28-12-5-13-29(15-14-28)24(30)20-6-3-4-7-20/h8-11,20H,3-7,12-16H2,1-2H3. The molecule has 2 aromatic rings. The van der Waals surface area contributed by atoms with Gasteiger partial charge in [0.05, 0.1) is 0 Å². The van der Waals surface area contributed by atoms with E-state index in [1.807, 2.05) is 19.1 Å². The van der Waals surface area contributed by atoms with Crippen LogP contribution >= 0.6 is 11.6 Å². The summed E-state index contributed by atoms with van der Waals surface area (Å²) >= 11 is 6.06. The van der Waals surface area contributed by atoms with Crippen LogP contribution in [0.15, 0.2) is 24.3 Å². The lowest BCUT2D eigenvalue weighted by Gasteiger charge is -2.26. The van der Waals surface area contributed by atoms with Gasteiger partial charge in [0.2, 0.25) is 5.91 Å². The number of halogens is 1. The van der Waals surface area contributed by atoms with Gasteiger partial charge in [-0.2, -0.15) is 0 Å². The lowest BCUT2D eigenvalue weighted by atomic mass is 10.0. The van der Waals surface area contributed by atoms with Crippen LogP contribution in [0.1, 0.15) is 54.7 Å². The van der Waals surface area contributed by atoms with Crippen molar-refractivity contribution in [1.82, 2.24) is 14.9 Å². The molecule has 1 amide bonds. The van der Waals surface area contributed by atoms with Crippen molar-refractivity contribution < 1.29 is 4.79 Å². The van der Waals surface area contributed by atoms with E-state index in [1.165, 1.54) is 24.0 Å². The molecule has 0 N–H and O–H groups in total. The average Bonchev–Trinajstić information content (AvgIpc) is 3.15. The molecular formula is C24H31ClN4O. The summed E-state index contributed by atoms with van der Waals surface area (Å²) in [6.07, 6.45) is 6.28. The van der Waals surface area contributed by atoms with E-state index in [-0.39, 0.29) is 5.92 Å². The Kier molecular flexibility index (Phi) is 6.57. The lowest BCUT2D eigenvalue weighted by molar-refractivity contribution is -0.135. The lowest BCUT2D eigenvalue weighted by Crippen LogP contribution is -2.38. The van der Waals surface area contributed by atoms with Crippen LogP contribution in [-0.4, -0.2) is 47.0 Å². The fourth-order valence-electron chi connectivity index (χ4n) is 4.77. The number of hydrogen-bond donors (Lipinski definition) is 0. The maximum Gasteiger partial charge on any atom is 0.225 e. The Morgan fingerprint density at radius 3 is 2.47 bits per heavy atom. The third-order valence-corrected chi connectivity index (χ3v) is 6.66. The minimum absolute atomic E-state index is 0.251. The number of carbonyl (C=O) groups is 1. The molecule has 2 fully saturated rings. The summed E-state index contributed by atoms with van der Waals surface area (Å²) in [5.41, 5.74) is 3.39. The molecule has 1 aromatic carbocycles. The molecule has 1 saturated heterocycles. The molecule has 0 bridgehead atoms. The van der Waals surface area contributed by atoms with Gasteiger partial charge in [0, 0.05) is 54.8 Å². The second-order valence-electron chi connectivity index (χ2n) is 8.61. The van der Waals surface area contributed by atoms with Gasteiger partial charge in [0.1, 0.15) is 11.6 Å². The highest BCUT2D eigenvalue weighted by atomic mass is 35.5. The number of nitrogens with zero attached hydrogens (tertiary/aromatic N) is 4. The summed E-state index contributed by atoms with van der Waals surface area (Å²) < 4.78 is 0. The SMILES string of the molecule is Cc1nc(C)c(Cc2ccc(Cl)cc2)c(N2CCCN(C(=O)C3CCCC3)CC2)n1. The van der Waals surface area contributed by atoms with Crippen LogP contribution in [0.4, 0.5) is 5.82 Å². The summed E-state index contributed by atoms with van der Waals surface area (Å²) in [5, 5.41) is 0.746. The number of aromatic nitrogens is 2. The first kappa shape index (κ1) is 21.1. The quantitative estimate of drug-likeness (QED) is 0.718. The third kappa shape index (κ3) is 4.77. The van der Waals surface area contributed by atoms with Crippen LogP contribution in [0.3, 0.4) is 0 Å². The first-order chi connectivity index (χ1) is 14.5. The largest absolute Gasteiger partial charge is 0.354 e. The molecule has 2 heterocycles. The molecule has 4 rings (SSSR count). The highest BCUT2D eigenvalue weighted by molar-refractivity contribution is 6.30. The minimum atomic E-state index is 0.251. The van der Waals surface area contributed by atoms with E-state index in [9.17, 15) is 4.79 Å². The zero-order valence-corrected chi connectivity index (χ0v) is 18.8. The number of rotatable bonds is 4. The molecule has 0 unspecified atom stereocenters. The van der Waals surface area contributed by atoms with Gasteiger partial charge in [-0.25, -0.2) is 9.97 Å². The predicted octanol–water partition coefficient (Wildman–Crippen LogP) is 4.57. The number of carbonyl (C=O) groups excluding carboxylic acids is 1. The summed E-state index contributed by atoms with van der Waals surface area (Å²) in [6.45, 7) is 7.38. The molecule has 0 spiro atoms. The van der Waals surface area contributed by atoms with E-state index >= 15 is 0 Å². The van der Waals surface area contributed by atoms with Crippen molar-refractivity contribution in [3.05, 3.63) is 51.9 Å². The Labute approximate surface area is 184 Å². The van der Waals surface area contributed by atoms with Gasteiger partial charge in [-0.1, -0.05) is 36.6 Å². The summed E-state index contributed by atoms with van der Waals surface area (Å²) in [4.78, 5) is 26.8. The van der Waals surface area contributed by atoms with Gasteiger partial charge < -0.3 is 9.80 Å². The Bertz CT molecular complexity index is 893. The van der Waals surface area contributed by atoms with E-state index in [1.54, 1.807) is 0 Å². The number of amides is 1. The highest BCUT2D eigenvalue weighted by Gasteiger charge is 2.29. The maximum atomic E-state index is 12.9. The van der Waals surface area contributed by atoms with Gasteiger partial charge in [0.25, 0.3) is 0 Å². The van der Waals surface area contributed by atoms with Gasteiger partial charge >= 0.3 is 0 Å². The normalized spacial score (nSPS) is 18.0. The van der Waals surface area contributed by atoms with Gasteiger partial charge in [-0.15, -0.1) is 0 Å².